The van der Waals surface area contributed by atoms with Crippen molar-refractivity contribution in [3.63, 3.8) is 0 Å². The Bertz CT molecular complexity index is 552. The van der Waals surface area contributed by atoms with E-state index in [-0.39, 0.29) is 5.92 Å². The van der Waals surface area contributed by atoms with Crippen LogP contribution >= 0.6 is 0 Å². The molecule has 0 aromatic carbocycles. The molecule has 0 spiro atoms. The maximum atomic E-state index is 5.56. The first-order chi connectivity index (χ1) is 10.1. The van der Waals surface area contributed by atoms with Crippen LogP contribution in [-0.4, -0.2) is 46.0 Å². The Hall–Kier alpha value is -1.80. The first-order valence-electron chi connectivity index (χ1n) is 6.89. The zero-order chi connectivity index (χ0) is 15.2. The maximum Gasteiger partial charge on any atom is 0.240 e. The summed E-state index contributed by atoms with van der Waals surface area (Å²) in [5.41, 5.74) is 0. The predicted molar refractivity (Wildman–Crippen MR) is 73.4 cm³/mol. The van der Waals surface area contributed by atoms with Gasteiger partial charge in [-0.1, -0.05) is 19.0 Å². The van der Waals surface area contributed by atoms with E-state index < -0.39 is 0 Å². The summed E-state index contributed by atoms with van der Waals surface area (Å²) >= 11 is 0. The molecule has 0 atom stereocenters. The molecule has 0 radical (unpaired) electrons. The molecular weight excluding hydrogens is 274 g/mol. The Morgan fingerprint density at radius 3 is 2.62 bits per heavy atom. The number of nitrogens with zero attached hydrogens (tertiary/aromatic N) is 5. The van der Waals surface area contributed by atoms with Gasteiger partial charge in [0.2, 0.25) is 17.7 Å². The fourth-order valence-corrected chi connectivity index (χ4v) is 1.73. The van der Waals surface area contributed by atoms with E-state index in [1.54, 1.807) is 7.11 Å². The van der Waals surface area contributed by atoms with Gasteiger partial charge in [-0.05, 0) is 7.05 Å². The van der Waals surface area contributed by atoms with E-state index in [9.17, 15) is 0 Å². The van der Waals surface area contributed by atoms with Gasteiger partial charge in [0.05, 0.1) is 19.7 Å². The minimum absolute atomic E-state index is 0.232. The zero-order valence-electron chi connectivity index (χ0n) is 12.9. The van der Waals surface area contributed by atoms with Crippen molar-refractivity contribution < 1.29 is 13.7 Å². The molecule has 2 rings (SSSR count). The van der Waals surface area contributed by atoms with E-state index in [0.717, 1.165) is 0 Å². The van der Waals surface area contributed by atoms with Crippen molar-refractivity contribution >= 4 is 0 Å². The molecule has 2 aromatic rings. The fourth-order valence-electron chi connectivity index (χ4n) is 1.73. The summed E-state index contributed by atoms with van der Waals surface area (Å²) in [5.74, 6) is 2.68. The molecular formula is C13H21N5O3. The summed E-state index contributed by atoms with van der Waals surface area (Å²) in [6, 6.07) is 0. The molecule has 0 amide bonds. The van der Waals surface area contributed by atoms with Gasteiger partial charge in [0.1, 0.15) is 0 Å². The smallest absolute Gasteiger partial charge is 0.240 e. The summed E-state index contributed by atoms with van der Waals surface area (Å²) in [6.45, 7) is 5.67. The van der Waals surface area contributed by atoms with Gasteiger partial charge in [0.25, 0.3) is 0 Å². The van der Waals surface area contributed by atoms with Crippen molar-refractivity contribution in [3.05, 3.63) is 23.5 Å². The molecule has 0 unspecified atom stereocenters. The quantitative estimate of drug-likeness (QED) is 0.721. The van der Waals surface area contributed by atoms with Gasteiger partial charge in [0.15, 0.2) is 5.82 Å². The molecule has 0 aliphatic heterocycles. The van der Waals surface area contributed by atoms with E-state index in [1.165, 1.54) is 0 Å². The van der Waals surface area contributed by atoms with Crippen LogP contribution in [0.25, 0.3) is 0 Å². The van der Waals surface area contributed by atoms with Crippen molar-refractivity contribution in [2.75, 3.05) is 20.8 Å². The molecule has 8 heteroatoms. The monoisotopic (exact) mass is 295 g/mol. The van der Waals surface area contributed by atoms with Gasteiger partial charge in [-0.25, -0.2) is 0 Å². The van der Waals surface area contributed by atoms with Crippen LogP contribution in [0, 0.1) is 0 Å². The van der Waals surface area contributed by atoms with Crippen molar-refractivity contribution in [1.82, 2.24) is 25.2 Å². The van der Waals surface area contributed by atoms with E-state index in [4.69, 9.17) is 13.7 Å². The molecule has 0 N–H and O–H groups in total. The Morgan fingerprint density at radius 2 is 1.95 bits per heavy atom. The molecule has 21 heavy (non-hydrogen) atoms. The molecule has 0 aliphatic rings. The second kappa shape index (κ2) is 7.28. The molecule has 0 bridgehead atoms. The van der Waals surface area contributed by atoms with Crippen LogP contribution in [0.4, 0.5) is 0 Å². The summed E-state index contributed by atoms with van der Waals surface area (Å²) in [6.07, 6.45) is 0.644. The topological polar surface area (TPSA) is 90.3 Å². The summed E-state index contributed by atoms with van der Waals surface area (Å²) in [4.78, 5) is 6.27. The summed E-state index contributed by atoms with van der Waals surface area (Å²) < 4.78 is 15.7. The predicted octanol–water partition coefficient (Wildman–Crippen LogP) is 1.40. The van der Waals surface area contributed by atoms with Gasteiger partial charge in [-0.3, -0.25) is 4.90 Å². The second-order valence-corrected chi connectivity index (χ2v) is 5.21. The lowest BCUT2D eigenvalue weighted by Gasteiger charge is -2.10. The second-order valence-electron chi connectivity index (χ2n) is 5.21. The number of hydrogen-bond donors (Lipinski definition) is 0. The van der Waals surface area contributed by atoms with Crippen molar-refractivity contribution in [2.24, 2.45) is 0 Å². The molecule has 2 aromatic heterocycles. The average Bonchev–Trinajstić information content (AvgIpc) is 3.06. The highest BCUT2D eigenvalue weighted by molar-refractivity contribution is 4.89. The highest BCUT2D eigenvalue weighted by Gasteiger charge is 2.14. The highest BCUT2D eigenvalue weighted by Crippen LogP contribution is 2.13. The minimum Gasteiger partial charge on any atom is -0.424 e. The Kier molecular flexibility index (Phi) is 5.40. The third-order valence-electron chi connectivity index (χ3n) is 2.83. The number of hydrogen-bond acceptors (Lipinski definition) is 8. The normalized spacial score (nSPS) is 11.7. The molecule has 0 aliphatic carbocycles. The maximum absolute atomic E-state index is 5.56. The summed E-state index contributed by atoms with van der Waals surface area (Å²) in [7, 11) is 3.57. The Morgan fingerprint density at radius 1 is 1.19 bits per heavy atom. The van der Waals surface area contributed by atoms with Crippen LogP contribution in [0.3, 0.4) is 0 Å². The van der Waals surface area contributed by atoms with Gasteiger partial charge < -0.3 is 13.7 Å². The average molecular weight is 295 g/mol. The van der Waals surface area contributed by atoms with Crippen molar-refractivity contribution in [1.29, 1.82) is 0 Å². The van der Waals surface area contributed by atoms with Crippen LogP contribution < -0.4 is 0 Å². The van der Waals surface area contributed by atoms with Crippen LogP contribution in [-0.2, 0) is 24.2 Å². The largest absolute Gasteiger partial charge is 0.424 e. The highest BCUT2D eigenvalue weighted by atomic mass is 16.5. The fraction of sp³-hybridized carbons (Fsp3) is 0.692. The molecule has 116 valence electrons. The van der Waals surface area contributed by atoms with Crippen LogP contribution in [0.1, 0.15) is 43.3 Å². The number of rotatable bonds is 8. The van der Waals surface area contributed by atoms with Crippen LogP contribution in [0.2, 0.25) is 0 Å². The van der Waals surface area contributed by atoms with Crippen LogP contribution in [0.15, 0.2) is 8.94 Å². The summed E-state index contributed by atoms with van der Waals surface area (Å²) in [5, 5.41) is 11.9. The van der Waals surface area contributed by atoms with E-state index >= 15 is 0 Å². The Labute approximate surface area is 123 Å². The zero-order valence-corrected chi connectivity index (χ0v) is 12.9. The van der Waals surface area contributed by atoms with E-state index in [2.05, 4.69) is 20.3 Å². The molecule has 2 heterocycles. The SMILES string of the molecule is COCCc1noc(CN(C)Cc2nnc(C(C)C)o2)n1. The van der Waals surface area contributed by atoms with E-state index in [0.29, 0.717) is 49.6 Å². The molecule has 0 saturated heterocycles. The third-order valence-corrected chi connectivity index (χ3v) is 2.83. The van der Waals surface area contributed by atoms with Crippen molar-refractivity contribution in [2.45, 2.75) is 39.3 Å². The third kappa shape index (κ3) is 4.61. The minimum atomic E-state index is 0.232. The lowest BCUT2D eigenvalue weighted by atomic mass is 10.2. The van der Waals surface area contributed by atoms with Gasteiger partial charge in [-0.15, -0.1) is 10.2 Å². The first kappa shape index (κ1) is 15.6. The van der Waals surface area contributed by atoms with E-state index in [1.807, 2.05) is 25.8 Å². The van der Waals surface area contributed by atoms with Gasteiger partial charge >= 0.3 is 0 Å². The standard InChI is InChI=1S/C13H21N5O3/c1-9(2)13-16-15-12(20-13)8-18(3)7-11-14-10(17-21-11)5-6-19-4/h9H,5-8H2,1-4H3. The Balaban J connectivity index is 1.85. The first-order valence-corrected chi connectivity index (χ1v) is 6.89. The number of ether oxygens (including phenoxy) is 1. The molecule has 8 nitrogen and oxygen atoms in total. The molecule has 0 fully saturated rings. The van der Waals surface area contributed by atoms with Gasteiger partial charge in [-0.2, -0.15) is 4.98 Å². The van der Waals surface area contributed by atoms with Gasteiger partial charge in [0, 0.05) is 19.4 Å². The van der Waals surface area contributed by atoms with Crippen molar-refractivity contribution in [3.8, 4) is 0 Å². The lowest BCUT2D eigenvalue weighted by molar-refractivity contribution is 0.199. The number of methoxy groups -OCH3 is 1. The lowest BCUT2D eigenvalue weighted by Crippen LogP contribution is -2.17. The van der Waals surface area contributed by atoms with Crippen LogP contribution in [0.5, 0.6) is 0 Å². The number of aromatic nitrogens is 4. The molecule has 0 saturated carbocycles.